The van der Waals surface area contributed by atoms with Gasteiger partial charge in [-0.2, -0.15) is 0 Å². The average Bonchev–Trinajstić information content (AvgIpc) is 2.70. The largest absolute Gasteiger partial charge is 0.332 e. The van der Waals surface area contributed by atoms with Gasteiger partial charge in [0, 0.05) is 27.9 Å². The smallest absolute Gasteiger partial charge is 0.275 e. The van der Waals surface area contributed by atoms with Crippen LogP contribution in [0.4, 0.5) is 5.69 Å². The number of aromatic nitrogens is 2. The standard InChI is InChI=1S/C19H17BrClN5O2S/c1-3-26-9-14(16(27)13-8-15(20)10(2)22-17(13)26)18(28)24-25-19(29)23-12-6-4-11(21)5-7-12/h4-9H,3H2,1-2H3,(H,24,28)(H2,23,25,29). The predicted molar refractivity (Wildman–Crippen MR) is 122 cm³/mol. The molecule has 1 amide bonds. The SMILES string of the molecule is CCn1cc(C(=O)NNC(=S)Nc2ccc(Cl)cc2)c(=O)c2cc(Br)c(C)nc21. The molecule has 2 heterocycles. The quantitative estimate of drug-likeness (QED) is 0.379. The normalized spacial score (nSPS) is 10.6. The van der Waals surface area contributed by atoms with Crippen molar-refractivity contribution < 1.29 is 4.79 Å². The average molecular weight is 495 g/mol. The van der Waals surface area contributed by atoms with Crippen molar-refractivity contribution in [3.63, 3.8) is 0 Å². The molecule has 0 fully saturated rings. The minimum atomic E-state index is -0.601. The van der Waals surface area contributed by atoms with E-state index in [4.69, 9.17) is 23.8 Å². The molecule has 0 radical (unpaired) electrons. The predicted octanol–water partition coefficient (Wildman–Crippen LogP) is 3.77. The molecule has 0 aliphatic carbocycles. The molecule has 3 rings (SSSR count). The number of anilines is 1. The lowest BCUT2D eigenvalue weighted by molar-refractivity contribution is 0.0942. The van der Waals surface area contributed by atoms with E-state index in [0.29, 0.717) is 32.8 Å². The third-order valence-electron chi connectivity index (χ3n) is 4.15. The van der Waals surface area contributed by atoms with Crippen molar-refractivity contribution in [2.24, 2.45) is 0 Å². The Morgan fingerprint density at radius 1 is 1.28 bits per heavy atom. The Kier molecular flexibility index (Phi) is 6.51. The van der Waals surface area contributed by atoms with Crippen LogP contribution in [0.3, 0.4) is 0 Å². The van der Waals surface area contributed by atoms with Crippen LogP contribution in [-0.2, 0) is 6.54 Å². The Morgan fingerprint density at radius 2 is 1.97 bits per heavy atom. The fourth-order valence-corrected chi connectivity index (χ4v) is 3.27. The summed E-state index contributed by atoms with van der Waals surface area (Å²) in [6.07, 6.45) is 1.50. The van der Waals surface area contributed by atoms with Gasteiger partial charge in [-0.05, 0) is 72.3 Å². The second-order valence-electron chi connectivity index (χ2n) is 6.12. The lowest BCUT2D eigenvalue weighted by atomic mass is 10.1. The number of thiocarbonyl (C=S) groups is 1. The number of carbonyl (C=O) groups is 1. The van der Waals surface area contributed by atoms with Crippen molar-refractivity contribution in [2.75, 3.05) is 5.32 Å². The first-order valence-corrected chi connectivity index (χ1v) is 10.2. The maximum atomic E-state index is 12.8. The van der Waals surface area contributed by atoms with Crippen molar-refractivity contribution in [3.8, 4) is 0 Å². The van der Waals surface area contributed by atoms with Crippen molar-refractivity contribution in [2.45, 2.75) is 20.4 Å². The van der Waals surface area contributed by atoms with Crippen LogP contribution in [0.25, 0.3) is 11.0 Å². The number of halogens is 2. The maximum Gasteiger partial charge on any atom is 0.275 e. The molecular weight excluding hydrogens is 478 g/mol. The highest BCUT2D eigenvalue weighted by Gasteiger charge is 2.17. The molecule has 3 aromatic rings. The molecular formula is C19H17BrClN5O2S. The van der Waals surface area contributed by atoms with Crippen LogP contribution in [0.1, 0.15) is 23.0 Å². The molecule has 2 aromatic heterocycles. The summed E-state index contributed by atoms with van der Waals surface area (Å²) >= 11 is 14.4. The topological polar surface area (TPSA) is 88.0 Å². The molecule has 29 heavy (non-hydrogen) atoms. The van der Waals surface area contributed by atoms with Crippen molar-refractivity contribution in [1.29, 1.82) is 0 Å². The number of carbonyl (C=O) groups excluding carboxylic acids is 1. The Labute approximate surface area is 185 Å². The molecule has 0 spiro atoms. The van der Waals surface area contributed by atoms with E-state index in [2.05, 4.69) is 37.1 Å². The summed E-state index contributed by atoms with van der Waals surface area (Å²) in [6, 6.07) is 8.59. The first-order valence-electron chi connectivity index (χ1n) is 8.63. The highest BCUT2D eigenvalue weighted by molar-refractivity contribution is 9.10. The van der Waals surface area contributed by atoms with Gasteiger partial charge < -0.3 is 9.88 Å². The van der Waals surface area contributed by atoms with Crippen LogP contribution in [-0.4, -0.2) is 20.6 Å². The van der Waals surface area contributed by atoms with Gasteiger partial charge in [0.25, 0.3) is 5.91 Å². The third kappa shape index (κ3) is 4.75. The van der Waals surface area contributed by atoms with E-state index in [9.17, 15) is 9.59 Å². The van der Waals surface area contributed by atoms with E-state index in [0.717, 1.165) is 5.69 Å². The zero-order valence-electron chi connectivity index (χ0n) is 15.5. The van der Waals surface area contributed by atoms with E-state index in [-0.39, 0.29) is 10.7 Å². The number of nitrogens with one attached hydrogen (secondary N) is 3. The molecule has 150 valence electrons. The number of hydrogen-bond donors (Lipinski definition) is 3. The summed E-state index contributed by atoms with van der Waals surface area (Å²) in [4.78, 5) is 29.9. The van der Waals surface area contributed by atoms with Gasteiger partial charge in [-0.25, -0.2) is 4.98 Å². The van der Waals surface area contributed by atoms with Gasteiger partial charge in [0.1, 0.15) is 11.2 Å². The number of hydrogen-bond acceptors (Lipinski definition) is 4. The number of nitrogens with zero attached hydrogens (tertiary/aromatic N) is 2. The van der Waals surface area contributed by atoms with Gasteiger partial charge >= 0.3 is 0 Å². The van der Waals surface area contributed by atoms with Crippen LogP contribution in [0.5, 0.6) is 0 Å². The summed E-state index contributed by atoms with van der Waals surface area (Å²) in [5.41, 5.74) is 6.61. The number of amides is 1. The molecule has 0 unspecified atom stereocenters. The Balaban J connectivity index is 1.80. The fourth-order valence-electron chi connectivity index (χ4n) is 2.65. The maximum absolute atomic E-state index is 12.8. The second-order valence-corrected chi connectivity index (χ2v) is 7.82. The van der Waals surface area contributed by atoms with Crippen molar-refractivity contribution in [3.05, 3.63) is 67.5 Å². The number of aryl methyl sites for hydroxylation is 2. The van der Waals surface area contributed by atoms with Crippen molar-refractivity contribution >= 4 is 67.5 Å². The second kappa shape index (κ2) is 8.89. The summed E-state index contributed by atoms with van der Waals surface area (Å²) in [5.74, 6) is -0.601. The number of benzene rings is 1. The van der Waals surface area contributed by atoms with E-state index >= 15 is 0 Å². The summed E-state index contributed by atoms with van der Waals surface area (Å²) < 4.78 is 2.46. The Bertz CT molecular complexity index is 1160. The number of hydrazine groups is 1. The molecule has 0 bridgehead atoms. The lowest BCUT2D eigenvalue weighted by Gasteiger charge is -2.14. The lowest BCUT2D eigenvalue weighted by Crippen LogP contribution is -2.45. The molecule has 3 N–H and O–H groups in total. The van der Waals surface area contributed by atoms with Gasteiger partial charge in [-0.3, -0.25) is 20.4 Å². The zero-order valence-corrected chi connectivity index (χ0v) is 18.7. The third-order valence-corrected chi connectivity index (χ3v) is 5.41. The summed E-state index contributed by atoms with van der Waals surface area (Å²) in [5, 5.41) is 4.03. The number of fused-ring (bicyclic) bond motifs is 1. The van der Waals surface area contributed by atoms with Crippen LogP contribution in [0.2, 0.25) is 5.02 Å². The molecule has 0 aliphatic rings. The fraction of sp³-hybridized carbons (Fsp3) is 0.158. The highest BCUT2D eigenvalue weighted by Crippen LogP contribution is 2.19. The molecule has 0 saturated carbocycles. The molecule has 1 aromatic carbocycles. The van der Waals surface area contributed by atoms with Gasteiger partial charge in [0.15, 0.2) is 5.11 Å². The summed E-state index contributed by atoms with van der Waals surface area (Å²) in [7, 11) is 0. The van der Waals surface area contributed by atoms with E-state index in [1.807, 2.05) is 13.8 Å². The van der Waals surface area contributed by atoms with Gasteiger partial charge in [0.05, 0.1) is 11.1 Å². The first kappa shape index (κ1) is 21.2. The van der Waals surface area contributed by atoms with Gasteiger partial charge in [-0.15, -0.1) is 0 Å². The number of pyridine rings is 2. The van der Waals surface area contributed by atoms with Crippen LogP contribution in [0, 0.1) is 6.92 Å². The van der Waals surface area contributed by atoms with E-state index in [1.165, 1.54) is 6.20 Å². The first-order chi connectivity index (χ1) is 13.8. The summed E-state index contributed by atoms with van der Waals surface area (Å²) in [6.45, 7) is 4.30. The monoisotopic (exact) mass is 493 g/mol. The molecule has 7 nitrogen and oxygen atoms in total. The molecule has 0 aliphatic heterocycles. The number of rotatable bonds is 3. The Morgan fingerprint density at radius 3 is 2.62 bits per heavy atom. The molecule has 10 heteroatoms. The van der Waals surface area contributed by atoms with E-state index in [1.54, 1.807) is 34.9 Å². The molecule has 0 atom stereocenters. The van der Waals surface area contributed by atoms with Gasteiger partial charge in [0.2, 0.25) is 5.43 Å². The van der Waals surface area contributed by atoms with Crippen LogP contribution in [0.15, 0.2) is 45.8 Å². The molecule has 0 saturated heterocycles. The minimum absolute atomic E-state index is 0.0151. The van der Waals surface area contributed by atoms with Crippen molar-refractivity contribution in [1.82, 2.24) is 20.4 Å². The highest BCUT2D eigenvalue weighted by atomic mass is 79.9. The zero-order chi connectivity index (χ0) is 21.1. The Hall–Kier alpha value is -2.49. The van der Waals surface area contributed by atoms with E-state index < -0.39 is 11.3 Å². The van der Waals surface area contributed by atoms with Gasteiger partial charge in [-0.1, -0.05) is 11.6 Å². The van der Waals surface area contributed by atoms with Crippen LogP contribution >= 0.6 is 39.7 Å². The van der Waals surface area contributed by atoms with Crippen LogP contribution < -0.4 is 21.6 Å². The minimum Gasteiger partial charge on any atom is -0.332 e.